The van der Waals surface area contributed by atoms with Crippen LogP contribution in [0.4, 0.5) is 11.9 Å². The highest BCUT2D eigenvalue weighted by Gasteiger charge is 2.14. The van der Waals surface area contributed by atoms with E-state index in [-0.39, 0.29) is 5.54 Å². The lowest BCUT2D eigenvalue weighted by Gasteiger charge is -2.20. The molecule has 0 aromatic carbocycles. The Hall–Kier alpha value is -2.22. The number of nitrogens with one attached hydrogen (secondary N) is 2. The van der Waals surface area contributed by atoms with Gasteiger partial charge >= 0.3 is 0 Å². The molecule has 4 N–H and O–H groups in total. The lowest BCUT2D eigenvalue weighted by molar-refractivity contribution is 0.624. The van der Waals surface area contributed by atoms with Crippen LogP contribution in [-0.2, 0) is 0 Å². The molecule has 0 unspecified atom stereocenters. The van der Waals surface area contributed by atoms with Gasteiger partial charge in [0.05, 0.1) is 0 Å². The summed E-state index contributed by atoms with van der Waals surface area (Å²) in [6, 6.07) is 0. The molecule has 0 aliphatic carbocycles. The zero-order valence-corrected chi connectivity index (χ0v) is 10.5. The van der Waals surface area contributed by atoms with Gasteiger partial charge in [-0.2, -0.15) is 15.0 Å². The Morgan fingerprint density at radius 3 is 2.44 bits per heavy atom. The first-order valence-electron chi connectivity index (χ1n) is 5.47. The van der Waals surface area contributed by atoms with E-state index in [2.05, 4.69) is 30.7 Å². The summed E-state index contributed by atoms with van der Waals surface area (Å²) in [6.07, 6.45) is 5.00. The van der Waals surface area contributed by atoms with Crippen molar-refractivity contribution in [1.29, 1.82) is 0 Å². The number of anilines is 2. The van der Waals surface area contributed by atoms with Crippen molar-refractivity contribution in [3.05, 3.63) is 18.7 Å². The summed E-state index contributed by atoms with van der Waals surface area (Å²) in [7, 11) is 0. The summed E-state index contributed by atoms with van der Waals surface area (Å²) in [5, 5.41) is 3.17. The van der Waals surface area contributed by atoms with Gasteiger partial charge in [-0.15, -0.1) is 0 Å². The summed E-state index contributed by atoms with van der Waals surface area (Å²) < 4.78 is 1.68. The number of nitrogens with two attached hydrogens (primary N) is 1. The molecule has 0 radical (unpaired) electrons. The molecule has 0 atom stereocenters. The summed E-state index contributed by atoms with van der Waals surface area (Å²) >= 11 is 0. The predicted octanol–water partition coefficient (Wildman–Crippen LogP) is 0.553. The molecule has 2 rings (SSSR count). The number of hydrazine groups is 1. The fourth-order valence-electron chi connectivity index (χ4n) is 1.31. The van der Waals surface area contributed by atoms with Gasteiger partial charge in [-0.3, -0.25) is 9.99 Å². The van der Waals surface area contributed by atoms with Crippen LogP contribution in [-0.4, -0.2) is 30.0 Å². The van der Waals surface area contributed by atoms with Gasteiger partial charge in [0.1, 0.15) is 6.33 Å². The van der Waals surface area contributed by atoms with Gasteiger partial charge in [0.2, 0.25) is 17.8 Å². The number of hydrogen-bond acceptors (Lipinski definition) is 7. The van der Waals surface area contributed by atoms with Crippen LogP contribution < -0.4 is 16.6 Å². The fourth-order valence-corrected chi connectivity index (χ4v) is 1.31. The lowest BCUT2D eigenvalue weighted by Crippen LogP contribution is -2.28. The first-order chi connectivity index (χ1) is 8.48. The highest BCUT2D eigenvalue weighted by atomic mass is 15.4. The van der Waals surface area contributed by atoms with Crippen molar-refractivity contribution in [2.45, 2.75) is 26.3 Å². The molecule has 96 valence electrons. The average Bonchev–Trinajstić information content (AvgIpc) is 2.79. The Kier molecular flexibility index (Phi) is 3.11. The van der Waals surface area contributed by atoms with Gasteiger partial charge in [-0.05, 0) is 20.8 Å². The highest BCUT2D eigenvalue weighted by molar-refractivity contribution is 5.38. The summed E-state index contributed by atoms with van der Waals surface area (Å²) in [5.74, 6) is 6.54. The second kappa shape index (κ2) is 4.57. The first kappa shape index (κ1) is 12.2. The van der Waals surface area contributed by atoms with E-state index in [0.29, 0.717) is 17.8 Å². The van der Waals surface area contributed by atoms with Crippen molar-refractivity contribution in [1.82, 2.24) is 24.5 Å². The van der Waals surface area contributed by atoms with E-state index in [9.17, 15) is 0 Å². The monoisotopic (exact) mass is 248 g/mol. The predicted molar refractivity (Wildman–Crippen MR) is 68.1 cm³/mol. The normalized spacial score (nSPS) is 11.3. The molecule has 0 aliphatic heterocycles. The number of nitrogens with zero attached hydrogens (tertiary/aromatic N) is 5. The van der Waals surface area contributed by atoms with E-state index in [1.165, 1.54) is 0 Å². The Balaban J connectivity index is 2.39. The maximum Gasteiger partial charge on any atom is 0.243 e. The summed E-state index contributed by atoms with van der Waals surface area (Å²) in [4.78, 5) is 16.5. The fraction of sp³-hybridized carbons (Fsp3) is 0.400. The molecule has 8 heteroatoms. The second-order valence-corrected chi connectivity index (χ2v) is 4.77. The Morgan fingerprint density at radius 1 is 1.17 bits per heavy atom. The minimum absolute atomic E-state index is 0.153. The van der Waals surface area contributed by atoms with Gasteiger partial charge in [-0.1, -0.05) is 0 Å². The molecule has 2 aromatic heterocycles. The molecule has 0 amide bonds. The summed E-state index contributed by atoms with van der Waals surface area (Å²) in [5.41, 5.74) is 2.27. The minimum Gasteiger partial charge on any atom is -0.349 e. The van der Waals surface area contributed by atoms with Gasteiger partial charge in [0, 0.05) is 17.9 Å². The summed E-state index contributed by atoms with van der Waals surface area (Å²) in [6.45, 7) is 6.05. The number of hydrogen-bond donors (Lipinski definition) is 3. The van der Waals surface area contributed by atoms with E-state index in [4.69, 9.17) is 5.84 Å². The van der Waals surface area contributed by atoms with Crippen molar-refractivity contribution in [3.8, 4) is 5.95 Å². The lowest BCUT2D eigenvalue weighted by atomic mass is 10.1. The third-order valence-corrected chi connectivity index (χ3v) is 1.97. The van der Waals surface area contributed by atoms with Crippen molar-refractivity contribution >= 4 is 11.9 Å². The molecule has 18 heavy (non-hydrogen) atoms. The SMILES string of the molecule is CC(C)(C)Nc1nc(NN)nc(-n2ccnc2)n1. The molecule has 8 nitrogen and oxygen atoms in total. The van der Waals surface area contributed by atoms with Crippen LogP contribution in [0.5, 0.6) is 0 Å². The molecule has 0 aliphatic rings. The molecular formula is C10H16N8. The third-order valence-electron chi connectivity index (χ3n) is 1.97. The van der Waals surface area contributed by atoms with Crippen LogP contribution in [0.2, 0.25) is 0 Å². The topological polar surface area (TPSA) is 107 Å². The van der Waals surface area contributed by atoms with Crippen LogP contribution in [0.25, 0.3) is 5.95 Å². The second-order valence-electron chi connectivity index (χ2n) is 4.77. The van der Waals surface area contributed by atoms with Crippen LogP contribution in [0, 0.1) is 0 Å². The maximum absolute atomic E-state index is 5.35. The maximum atomic E-state index is 5.35. The number of rotatable bonds is 3. The average molecular weight is 248 g/mol. The van der Waals surface area contributed by atoms with E-state index in [0.717, 1.165) is 0 Å². The van der Waals surface area contributed by atoms with Gasteiger partial charge < -0.3 is 5.32 Å². The molecule has 0 bridgehead atoms. The largest absolute Gasteiger partial charge is 0.349 e. The quantitative estimate of drug-likeness (QED) is 0.538. The molecule has 0 spiro atoms. The van der Waals surface area contributed by atoms with Crippen molar-refractivity contribution < 1.29 is 0 Å². The molecular weight excluding hydrogens is 232 g/mol. The van der Waals surface area contributed by atoms with Gasteiger partial charge in [-0.25, -0.2) is 10.8 Å². The van der Waals surface area contributed by atoms with Gasteiger partial charge in [0.15, 0.2) is 0 Å². The molecule has 0 saturated carbocycles. The Morgan fingerprint density at radius 2 is 1.89 bits per heavy atom. The molecule has 0 saturated heterocycles. The van der Waals surface area contributed by atoms with Crippen molar-refractivity contribution in [2.24, 2.45) is 5.84 Å². The minimum atomic E-state index is -0.153. The van der Waals surface area contributed by atoms with Crippen LogP contribution in [0.3, 0.4) is 0 Å². The molecule has 2 heterocycles. The zero-order valence-electron chi connectivity index (χ0n) is 10.5. The van der Waals surface area contributed by atoms with E-state index < -0.39 is 0 Å². The third kappa shape index (κ3) is 2.92. The van der Waals surface area contributed by atoms with Crippen LogP contribution in [0.15, 0.2) is 18.7 Å². The van der Waals surface area contributed by atoms with Gasteiger partial charge in [0.25, 0.3) is 0 Å². The van der Waals surface area contributed by atoms with E-state index in [1.807, 2.05) is 20.8 Å². The van der Waals surface area contributed by atoms with Crippen LogP contribution >= 0.6 is 0 Å². The highest BCUT2D eigenvalue weighted by Crippen LogP contribution is 2.13. The standard InChI is InChI=1S/C10H16N8/c1-10(2,3)16-7-13-8(17-11)15-9(14-7)18-5-4-12-6-18/h4-6H,11H2,1-3H3,(H2,13,14,15,16,17). The van der Waals surface area contributed by atoms with Crippen molar-refractivity contribution in [2.75, 3.05) is 10.7 Å². The first-order valence-corrected chi connectivity index (χ1v) is 5.47. The number of aromatic nitrogens is 5. The van der Waals surface area contributed by atoms with E-state index >= 15 is 0 Å². The smallest absolute Gasteiger partial charge is 0.243 e. The number of imidazole rings is 1. The Bertz CT molecular complexity index is 513. The van der Waals surface area contributed by atoms with E-state index in [1.54, 1.807) is 23.3 Å². The molecule has 2 aromatic rings. The Labute approximate surface area is 105 Å². The number of nitrogen functional groups attached to an aromatic ring is 1. The zero-order chi connectivity index (χ0) is 13.2. The van der Waals surface area contributed by atoms with Crippen molar-refractivity contribution in [3.63, 3.8) is 0 Å². The van der Waals surface area contributed by atoms with Crippen LogP contribution in [0.1, 0.15) is 20.8 Å². The molecule has 0 fully saturated rings.